The molecule has 2 atom stereocenters. The Morgan fingerprint density at radius 2 is 1.93 bits per heavy atom. The highest BCUT2D eigenvalue weighted by atomic mass is 16.1. The van der Waals surface area contributed by atoms with E-state index in [1.54, 1.807) is 0 Å². The molecule has 0 aromatic heterocycles. The molecule has 14 heavy (non-hydrogen) atoms. The molecular formula is C12H15NO. The topological polar surface area (TPSA) is 29.1 Å². The van der Waals surface area contributed by atoms with E-state index in [2.05, 4.69) is 24.4 Å². The van der Waals surface area contributed by atoms with E-state index >= 15 is 0 Å². The van der Waals surface area contributed by atoms with Gasteiger partial charge in [0.2, 0.25) is 0 Å². The van der Waals surface area contributed by atoms with Crippen LogP contribution in [-0.4, -0.2) is 11.8 Å². The molecule has 1 heterocycles. The average molecular weight is 189 g/mol. The van der Waals surface area contributed by atoms with Crippen LogP contribution < -0.4 is 5.32 Å². The van der Waals surface area contributed by atoms with Crippen molar-refractivity contribution in [3.63, 3.8) is 0 Å². The Morgan fingerprint density at radius 1 is 1.21 bits per heavy atom. The minimum absolute atomic E-state index is 0.215. The molecular weight excluding hydrogens is 174 g/mol. The average Bonchev–Trinajstić information content (AvgIpc) is 2.18. The molecule has 0 amide bonds. The van der Waals surface area contributed by atoms with E-state index in [-0.39, 0.29) is 6.04 Å². The molecule has 2 unspecified atom stereocenters. The zero-order chi connectivity index (χ0) is 9.97. The summed E-state index contributed by atoms with van der Waals surface area (Å²) in [7, 11) is 0. The number of piperidine rings is 1. The molecule has 1 aromatic rings. The van der Waals surface area contributed by atoms with Crippen LogP contribution in [-0.2, 0) is 4.79 Å². The molecule has 1 fully saturated rings. The van der Waals surface area contributed by atoms with Crippen molar-refractivity contribution in [3.05, 3.63) is 35.9 Å². The number of hydrogen-bond donors (Lipinski definition) is 1. The lowest BCUT2D eigenvalue weighted by Gasteiger charge is -2.28. The predicted octanol–water partition coefficient (Wildman–Crippen LogP) is 2.07. The van der Waals surface area contributed by atoms with Crippen LogP contribution in [0, 0.1) is 0 Å². The summed E-state index contributed by atoms with van der Waals surface area (Å²) in [6, 6.07) is 10.7. The maximum Gasteiger partial charge on any atom is 0.136 e. The van der Waals surface area contributed by atoms with E-state index in [1.165, 1.54) is 5.56 Å². The van der Waals surface area contributed by atoms with E-state index < -0.39 is 0 Å². The molecule has 0 aliphatic carbocycles. The number of hydrogen-bond acceptors (Lipinski definition) is 2. The third-order valence-electron chi connectivity index (χ3n) is 2.65. The van der Waals surface area contributed by atoms with E-state index in [0.717, 1.165) is 0 Å². The Hall–Kier alpha value is -1.15. The van der Waals surface area contributed by atoms with Gasteiger partial charge in [-0.25, -0.2) is 0 Å². The summed E-state index contributed by atoms with van der Waals surface area (Å²) in [4.78, 5) is 11.4. The SMILES string of the molecule is CC1CC(=O)CC(c2ccccc2)N1. The summed E-state index contributed by atoms with van der Waals surface area (Å²) in [5, 5.41) is 3.44. The maximum atomic E-state index is 11.4. The Kier molecular flexibility index (Phi) is 2.64. The van der Waals surface area contributed by atoms with Gasteiger partial charge in [0.25, 0.3) is 0 Å². The van der Waals surface area contributed by atoms with E-state index in [4.69, 9.17) is 0 Å². The molecule has 0 saturated carbocycles. The Morgan fingerprint density at radius 3 is 2.57 bits per heavy atom. The minimum atomic E-state index is 0.215. The highest BCUT2D eigenvalue weighted by Gasteiger charge is 2.24. The lowest BCUT2D eigenvalue weighted by molar-refractivity contribution is -0.121. The molecule has 1 saturated heterocycles. The number of Topliss-reactive ketones (excluding diaryl/α,β-unsaturated/α-hetero) is 1. The van der Waals surface area contributed by atoms with Crippen LogP contribution in [0.1, 0.15) is 31.4 Å². The Labute approximate surface area is 84.3 Å². The van der Waals surface area contributed by atoms with Crippen LogP contribution in [0.4, 0.5) is 0 Å². The van der Waals surface area contributed by atoms with Crippen LogP contribution in [0.3, 0.4) is 0 Å². The highest BCUT2D eigenvalue weighted by Crippen LogP contribution is 2.22. The molecule has 2 heteroatoms. The van der Waals surface area contributed by atoms with Crippen molar-refractivity contribution in [2.75, 3.05) is 0 Å². The molecule has 2 rings (SSSR count). The summed E-state index contributed by atoms with van der Waals surface area (Å²) in [5.41, 5.74) is 1.22. The van der Waals surface area contributed by atoms with Crippen LogP contribution in [0.25, 0.3) is 0 Å². The normalized spacial score (nSPS) is 27.6. The fourth-order valence-corrected chi connectivity index (χ4v) is 2.01. The highest BCUT2D eigenvalue weighted by molar-refractivity contribution is 5.80. The van der Waals surface area contributed by atoms with Gasteiger partial charge < -0.3 is 5.32 Å². The summed E-state index contributed by atoms with van der Waals surface area (Å²) in [6.45, 7) is 2.06. The lowest BCUT2D eigenvalue weighted by atomic mass is 9.93. The summed E-state index contributed by atoms with van der Waals surface area (Å²) < 4.78 is 0. The zero-order valence-electron chi connectivity index (χ0n) is 8.36. The van der Waals surface area contributed by atoms with Crippen molar-refractivity contribution in [1.29, 1.82) is 0 Å². The van der Waals surface area contributed by atoms with Crippen LogP contribution in [0.15, 0.2) is 30.3 Å². The van der Waals surface area contributed by atoms with Gasteiger partial charge in [0.15, 0.2) is 0 Å². The summed E-state index contributed by atoms with van der Waals surface area (Å²) >= 11 is 0. The number of nitrogens with one attached hydrogen (secondary N) is 1. The third-order valence-corrected chi connectivity index (χ3v) is 2.65. The molecule has 0 spiro atoms. The van der Waals surface area contributed by atoms with Gasteiger partial charge in [-0.3, -0.25) is 4.79 Å². The van der Waals surface area contributed by atoms with Gasteiger partial charge in [0.1, 0.15) is 5.78 Å². The Bertz CT molecular complexity index is 320. The maximum absolute atomic E-state index is 11.4. The van der Waals surface area contributed by atoms with E-state index in [1.807, 2.05) is 18.2 Å². The first-order valence-corrected chi connectivity index (χ1v) is 5.08. The molecule has 1 aliphatic rings. The summed E-state index contributed by atoms with van der Waals surface area (Å²) in [5.74, 6) is 0.366. The van der Waals surface area contributed by atoms with Crippen LogP contribution in [0.2, 0.25) is 0 Å². The van der Waals surface area contributed by atoms with Crippen LogP contribution in [0.5, 0.6) is 0 Å². The molecule has 1 aliphatic heterocycles. The molecule has 74 valence electrons. The second-order valence-corrected chi connectivity index (χ2v) is 3.98. The monoisotopic (exact) mass is 189 g/mol. The molecule has 2 nitrogen and oxygen atoms in total. The first-order chi connectivity index (χ1) is 6.75. The van der Waals surface area contributed by atoms with Crippen molar-refractivity contribution in [1.82, 2.24) is 5.32 Å². The smallest absolute Gasteiger partial charge is 0.136 e. The van der Waals surface area contributed by atoms with Crippen molar-refractivity contribution < 1.29 is 4.79 Å². The predicted molar refractivity (Wildman–Crippen MR) is 56.0 cm³/mol. The minimum Gasteiger partial charge on any atom is -0.307 e. The quantitative estimate of drug-likeness (QED) is 0.732. The zero-order valence-corrected chi connectivity index (χ0v) is 8.36. The molecule has 0 bridgehead atoms. The second kappa shape index (κ2) is 3.93. The fourth-order valence-electron chi connectivity index (χ4n) is 2.01. The van der Waals surface area contributed by atoms with E-state index in [0.29, 0.717) is 24.7 Å². The number of rotatable bonds is 1. The molecule has 0 radical (unpaired) electrons. The second-order valence-electron chi connectivity index (χ2n) is 3.98. The van der Waals surface area contributed by atoms with Gasteiger partial charge in [-0.05, 0) is 12.5 Å². The molecule has 1 aromatic carbocycles. The van der Waals surface area contributed by atoms with Crippen molar-refractivity contribution in [3.8, 4) is 0 Å². The molecule has 1 N–H and O–H groups in total. The fraction of sp³-hybridized carbons (Fsp3) is 0.417. The van der Waals surface area contributed by atoms with Crippen molar-refractivity contribution >= 4 is 5.78 Å². The van der Waals surface area contributed by atoms with Gasteiger partial charge in [-0.1, -0.05) is 30.3 Å². The number of benzene rings is 1. The lowest BCUT2D eigenvalue weighted by Crippen LogP contribution is -2.38. The first kappa shape index (κ1) is 9.41. The Balaban J connectivity index is 2.15. The van der Waals surface area contributed by atoms with Gasteiger partial charge >= 0.3 is 0 Å². The summed E-state index contributed by atoms with van der Waals surface area (Å²) in [6.07, 6.45) is 1.30. The van der Waals surface area contributed by atoms with Crippen molar-refractivity contribution in [2.24, 2.45) is 0 Å². The van der Waals surface area contributed by atoms with Gasteiger partial charge in [-0.2, -0.15) is 0 Å². The standard InChI is InChI=1S/C12H15NO/c1-9-7-11(14)8-12(13-9)10-5-3-2-4-6-10/h2-6,9,12-13H,7-8H2,1H3. The number of ketones is 1. The van der Waals surface area contributed by atoms with Gasteiger partial charge in [-0.15, -0.1) is 0 Å². The first-order valence-electron chi connectivity index (χ1n) is 5.08. The van der Waals surface area contributed by atoms with Gasteiger partial charge in [0.05, 0.1) is 0 Å². The van der Waals surface area contributed by atoms with Gasteiger partial charge in [0, 0.05) is 24.9 Å². The number of carbonyl (C=O) groups excluding carboxylic acids is 1. The van der Waals surface area contributed by atoms with Crippen molar-refractivity contribution in [2.45, 2.75) is 31.8 Å². The third kappa shape index (κ3) is 2.02. The largest absolute Gasteiger partial charge is 0.307 e. The number of carbonyl (C=O) groups is 1. The van der Waals surface area contributed by atoms with Crippen LogP contribution >= 0.6 is 0 Å². The van der Waals surface area contributed by atoms with E-state index in [9.17, 15) is 4.79 Å².